The van der Waals surface area contributed by atoms with Crippen LogP contribution in [0.15, 0.2) is 35.0 Å². The fourth-order valence-corrected chi connectivity index (χ4v) is 3.29. The highest BCUT2D eigenvalue weighted by molar-refractivity contribution is 6.52. The molecule has 1 fully saturated rings. The molecule has 0 aliphatic carbocycles. The highest BCUT2D eigenvalue weighted by Crippen LogP contribution is 2.32. The lowest BCUT2D eigenvalue weighted by molar-refractivity contribution is -0.121. The normalized spacial score (nSPS) is 20.0. The Bertz CT molecular complexity index is 664. The van der Waals surface area contributed by atoms with E-state index in [0.717, 1.165) is 24.5 Å². The van der Waals surface area contributed by atoms with E-state index < -0.39 is 5.91 Å². The number of imide groups is 1. The standard InChI is InChI=1S/C16H17Cl2N3O2/c1-2-19-7-9-20(10-8-19)14-13(18)15(22)21(16(14)23)12-5-3-11(17)4-6-12/h3-6H,2,7-10H2,1H3. The molecule has 1 saturated heterocycles. The molecule has 0 saturated carbocycles. The Kier molecular flexibility index (Phi) is 4.62. The Morgan fingerprint density at radius 1 is 0.957 bits per heavy atom. The molecule has 2 aliphatic heterocycles. The van der Waals surface area contributed by atoms with Gasteiger partial charge in [0.15, 0.2) is 0 Å². The number of rotatable bonds is 3. The lowest BCUT2D eigenvalue weighted by Crippen LogP contribution is -2.47. The van der Waals surface area contributed by atoms with E-state index in [9.17, 15) is 9.59 Å². The summed E-state index contributed by atoms with van der Waals surface area (Å²) in [4.78, 5) is 30.5. The molecule has 0 aromatic heterocycles. The van der Waals surface area contributed by atoms with Crippen molar-refractivity contribution in [3.63, 3.8) is 0 Å². The zero-order valence-corrected chi connectivity index (χ0v) is 14.3. The lowest BCUT2D eigenvalue weighted by Gasteiger charge is -2.35. The zero-order valence-electron chi connectivity index (χ0n) is 12.8. The molecule has 2 aliphatic rings. The summed E-state index contributed by atoms with van der Waals surface area (Å²) in [6, 6.07) is 6.56. The molecule has 122 valence electrons. The average molecular weight is 354 g/mol. The molecule has 2 amide bonds. The maximum absolute atomic E-state index is 12.7. The minimum absolute atomic E-state index is 0.00472. The molecule has 0 radical (unpaired) electrons. The molecule has 7 heteroatoms. The van der Waals surface area contributed by atoms with E-state index in [0.29, 0.717) is 29.5 Å². The van der Waals surface area contributed by atoms with Crippen molar-refractivity contribution in [3.8, 4) is 0 Å². The van der Waals surface area contributed by atoms with E-state index >= 15 is 0 Å². The molecule has 0 bridgehead atoms. The van der Waals surface area contributed by atoms with Gasteiger partial charge in [0.1, 0.15) is 10.7 Å². The van der Waals surface area contributed by atoms with E-state index in [2.05, 4.69) is 11.8 Å². The molecule has 1 aromatic rings. The summed E-state index contributed by atoms with van der Waals surface area (Å²) in [5.74, 6) is -0.848. The first kappa shape index (κ1) is 16.3. The van der Waals surface area contributed by atoms with Crippen LogP contribution < -0.4 is 4.90 Å². The summed E-state index contributed by atoms with van der Waals surface area (Å²) in [6.45, 7) is 6.16. The van der Waals surface area contributed by atoms with Gasteiger partial charge >= 0.3 is 0 Å². The summed E-state index contributed by atoms with van der Waals surface area (Å²) >= 11 is 12.0. The van der Waals surface area contributed by atoms with Crippen molar-refractivity contribution in [3.05, 3.63) is 40.0 Å². The van der Waals surface area contributed by atoms with Crippen molar-refractivity contribution >= 4 is 40.7 Å². The van der Waals surface area contributed by atoms with Crippen LogP contribution in [0.1, 0.15) is 6.92 Å². The van der Waals surface area contributed by atoms with Gasteiger partial charge in [-0.05, 0) is 30.8 Å². The topological polar surface area (TPSA) is 43.9 Å². The van der Waals surface area contributed by atoms with Crippen LogP contribution >= 0.6 is 23.2 Å². The monoisotopic (exact) mass is 353 g/mol. The van der Waals surface area contributed by atoms with Gasteiger partial charge in [-0.15, -0.1) is 0 Å². The fraction of sp³-hybridized carbons (Fsp3) is 0.375. The number of benzene rings is 1. The molecule has 0 N–H and O–H groups in total. The van der Waals surface area contributed by atoms with E-state index in [-0.39, 0.29) is 10.9 Å². The Hall–Kier alpha value is -1.56. The molecule has 0 spiro atoms. The minimum atomic E-state index is -0.480. The van der Waals surface area contributed by atoms with Crippen LogP contribution in [0.25, 0.3) is 0 Å². The average Bonchev–Trinajstić information content (AvgIpc) is 2.78. The smallest absolute Gasteiger partial charge is 0.283 e. The van der Waals surface area contributed by atoms with Crippen LogP contribution in [-0.2, 0) is 9.59 Å². The SMILES string of the molecule is CCN1CCN(C2=C(Cl)C(=O)N(c3ccc(Cl)cc3)C2=O)CC1. The molecular formula is C16H17Cl2N3O2. The molecular weight excluding hydrogens is 337 g/mol. The van der Waals surface area contributed by atoms with Gasteiger partial charge in [-0.25, -0.2) is 4.90 Å². The maximum Gasteiger partial charge on any atom is 0.283 e. The van der Waals surface area contributed by atoms with Gasteiger partial charge in [-0.3, -0.25) is 9.59 Å². The Morgan fingerprint density at radius 2 is 1.57 bits per heavy atom. The summed E-state index contributed by atoms with van der Waals surface area (Å²) < 4.78 is 0. The van der Waals surface area contributed by atoms with Crippen molar-refractivity contribution in [1.29, 1.82) is 0 Å². The number of likely N-dealkylation sites (N-methyl/N-ethyl adjacent to an activating group) is 1. The predicted octanol–water partition coefficient (Wildman–Crippen LogP) is 2.30. The summed E-state index contributed by atoms with van der Waals surface area (Å²) in [5, 5.41) is 0.540. The van der Waals surface area contributed by atoms with Crippen LogP contribution in [-0.4, -0.2) is 54.3 Å². The third-order valence-corrected chi connectivity index (χ3v) is 4.82. The number of hydrogen-bond acceptors (Lipinski definition) is 4. The van der Waals surface area contributed by atoms with E-state index in [4.69, 9.17) is 23.2 Å². The lowest BCUT2D eigenvalue weighted by atomic mass is 10.2. The number of amides is 2. The molecule has 5 nitrogen and oxygen atoms in total. The molecule has 23 heavy (non-hydrogen) atoms. The van der Waals surface area contributed by atoms with Crippen molar-refractivity contribution in [2.45, 2.75) is 6.92 Å². The highest BCUT2D eigenvalue weighted by atomic mass is 35.5. The number of carbonyl (C=O) groups excluding carboxylic acids is 2. The fourth-order valence-electron chi connectivity index (χ4n) is 2.88. The first-order chi connectivity index (χ1) is 11.0. The van der Waals surface area contributed by atoms with Crippen LogP contribution in [0, 0.1) is 0 Å². The summed E-state index contributed by atoms with van der Waals surface area (Å²) in [7, 11) is 0. The first-order valence-corrected chi connectivity index (χ1v) is 8.30. The van der Waals surface area contributed by atoms with Crippen LogP contribution in [0.5, 0.6) is 0 Å². The molecule has 1 aromatic carbocycles. The van der Waals surface area contributed by atoms with Gasteiger partial charge in [0.05, 0.1) is 5.69 Å². The van der Waals surface area contributed by atoms with Gasteiger partial charge < -0.3 is 9.80 Å². The predicted molar refractivity (Wildman–Crippen MR) is 90.5 cm³/mol. The first-order valence-electron chi connectivity index (χ1n) is 7.54. The summed E-state index contributed by atoms with van der Waals surface area (Å²) in [5.41, 5.74) is 0.784. The molecule has 0 atom stereocenters. The largest absolute Gasteiger partial charge is 0.363 e. The summed E-state index contributed by atoms with van der Waals surface area (Å²) in [6.07, 6.45) is 0. The number of halogens is 2. The highest BCUT2D eigenvalue weighted by Gasteiger charge is 2.41. The van der Waals surface area contributed by atoms with Crippen molar-refractivity contribution in [2.75, 3.05) is 37.6 Å². The third-order valence-electron chi connectivity index (χ3n) is 4.22. The Morgan fingerprint density at radius 3 is 2.13 bits per heavy atom. The number of anilines is 1. The minimum Gasteiger partial charge on any atom is -0.363 e. The van der Waals surface area contributed by atoms with E-state index in [1.807, 2.05) is 4.90 Å². The van der Waals surface area contributed by atoms with Gasteiger partial charge in [-0.2, -0.15) is 0 Å². The second-order valence-electron chi connectivity index (χ2n) is 5.51. The van der Waals surface area contributed by atoms with Crippen molar-refractivity contribution in [2.24, 2.45) is 0 Å². The van der Waals surface area contributed by atoms with E-state index in [1.165, 1.54) is 0 Å². The van der Waals surface area contributed by atoms with Crippen molar-refractivity contribution < 1.29 is 9.59 Å². The second kappa shape index (κ2) is 6.51. The number of piperazine rings is 1. The molecule has 3 rings (SSSR count). The number of nitrogens with zero attached hydrogens (tertiary/aromatic N) is 3. The number of hydrogen-bond donors (Lipinski definition) is 0. The van der Waals surface area contributed by atoms with Crippen LogP contribution in [0.3, 0.4) is 0 Å². The van der Waals surface area contributed by atoms with Crippen LogP contribution in [0.2, 0.25) is 5.02 Å². The third kappa shape index (κ3) is 2.96. The number of carbonyl (C=O) groups is 2. The molecule has 2 heterocycles. The van der Waals surface area contributed by atoms with Gasteiger partial charge in [0.2, 0.25) is 0 Å². The maximum atomic E-state index is 12.7. The van der Waals surface area contributed by atoms with Gasteiger partial charge in [0, 0.05) is 31.2 Å². The van der Waals surface area contributed by atoms with Crippen molar-refractivity contribution in [1.82, 2.24) is 9.80 Å². The zero-order chi connectivity index (χ0) is 16.6. The van der Waals surface area contributed by atoms with Gasteiger partial charge in [-0.1, -0.05) is 30.1 Å². The van der Waals surface area contributed by atoms with Crippen LogP contribution in [0.4, 0.5) is 5.69 Å². The quantitative estimate of drug-likeness (QED) is 0.782. The Balaban J connectivity index is 1.84. The second-order valence-corrected chi connectivity index (χ2v) is 6.32. The van der Waals surface area contributed by atoms with E-state index in [1.54, 1.807) is 24.3 Å². The molecule has 0 unspecified atom stereocenters. The Labute approximate surface area is 145 Å². The van der Waals surface area contributed by atoms with Gasteiger partial charge in [0.25, 0.3) is 11.8 Å².